The van der Waals surface area contributed by atoms with Crippen LogP contribution in [0.2, 0.25) is 0 Å². The number of hydrogen-bond donors (Lipinski definition) is 2. The van der Waals surface area contributed by atoms with Gasteiger partial charge in [-0.3, -0.25) is 4.68 Å². The van der Waals surface area contributed by atoms with Gasteiger partial charge in [0.2, 0.25) is 0 Å². The number of aliphatic hydroxyl groups is 1. The second-order valence-corrected chi connectivity index (χ2v) is 4.60. The van der Waals surface area contributed by atoms with Gasteiger partial charge in [-0.1, -0.05) is 0 Å². The van der Waals surface area contributed by atoms with E-state index < -0.39 is 0 Å². The summed E-state index contributed by atoms with van der Waals surface area (Å²) in [6, 6.07) is 2.12. The van der Waals surface area contributed by atoms with E-state index in [-0.39, 0.29) is 19.0 Å². The van der Waals surface area contributed by atoms with Gasteiger partial charge in [0.15, 0.2) is 0 Å². The Morgan fingerprint density at radius 2 is 2.35 bits per heavy atom. The lowest BCUT2D eigenvalue weighted by Crippen LogP contribution is -2.02. The van der Waals surface area contributed by atoms with Crippen molar-refractivity contribution < 1.29 is 5.11 Å². The van der Waals surface area contributed by atoms with Crippen LogP contribution in [0.5, 0.6) is 0 Å². The Kier molecular flexibility index (Phi) is 5.47. The van der Waals surface area contributed by atoms with Crippen LogP contribution in [-0.2, 0) is 13.1 Å². The normalized spacial score (nSPS) is 10.0. The van der Waals surface area contributed by atoms with Gasteiger partial charge < -0.3 is 10.4 Å². The summed E-state index contributed by atoms with van der Waals surface area (Å²) in [5, 5.41) is 18.3. The van der Waals surface area contributed by atoms with E-state index in [2.05, 4.69) is 28.8 Å². The van der Waals surface area contributed by atoms with E-state index in [9.17, 15) is 0 Å². The molecule has 0 saturated heterocycles. The molecular weight excluding hydrogens is 258 g/mol. The third kappa shape index (κ3) is 3.73. The highest BCUT2D eigenvalue weighted by atomic mass is 35.5. The number of aromatic nitrogens is 2. The molecule has 6 heteroatoms. The van der Waals surface area contributed by atoms with Gasteiger partial charge in [-0.2, -0.15) is 5.10 Å². The number of thiophene rings is 1. The zero-order chi connectivity index (χ0) is 11.4. The van der Waals surface area contributed by atoms with E-state index >= 15 is 0 Å². The third-order valence-corrected chi connectivity index (χ3v) is 3.41. The van der Waals surface area contributed by atoms with Crippen molar-refractivity contribution in [2.45, 2.75) is 20.0 Å². The number of rotatable bonds is 5. The van der Waals surface area contributed by atoms with E-state index in [1.165, 1.54) is 10.4 Å². The number of nitrogens with zero attached hydrogens (tertiary/aromatic N) is 2. The number of aryl methyl sites for hydroxylation is 1. The lowest BCUT2D eigenvalue weighted by atomic mass is 10.3. The molecule has 0 radical (unpaired) electrons. The van der Waals surface area contributed by atoms with Gasteiger partial charge in [-0.25, -0.2) is 0 Å². The Bertz CT molecular complexity index is 455. The number of aliphatic hydroxyl groups excluding tert-OH is 1. The monoisotopic (exact) mass is 273 g/mol. The second kappa shape index (κ2) is 6.64. The maximum atomic E-state index is 8.77. The fraction of sp³-hybridized carbons (Fsp3) is 0.364. The maximum Gasteiger partial charge on any atom is 0.0729 e. The zero-order valence-corrected chi connectivity index (χ0v) is 11.2. The Balaban J connectivity index is 0.00000144. The average Bonchev–Trinajstić information content (AvgIpc) is 2.86. The summed E-state index contributed by atoms with van der Waals surface area (Å²) >= 11 is 1.76. The molecule has 2 heterocycles. The summed E-state index contributed by atoms with van der Waals surface area (Å²) in [6.07, 6.45) is 3.68. The molecule has 4 nitrogen and oxygen atoms in total. The van der Waals surface area contributed by atoms with E-state index in [1.807, 2.05) is 6.20 Å². The highest BCUT2D eigenvalue weighted by Gasteiger charge is 2.01. The van der Waals surface area contributed by atoms with Crippen LogP contribution in [0.25, 0.3) is 0 Å². The molecule has 0 aliphatic rings. The molecule has 0 aliphatic heterocycles. The minimum Gasteiger partial charge on any atom is -0.394 e. The molecule has 17 heavy (non-hydrogen) atoms. The summed E-state index contributed by atoms with van der Waals surface area (Å²) in [5.41, 5.74) is 2.31. The first-order valence-corrected chi connectivity index (χ1v) is 6.07. The third-order valence-electron chi connectivity index (χ3n) is 2.38. The molecule has 0 spiro atoms. The number of halogens is 1. The minimum atomic E-state index is 0. The fourth-order valence-corrected chi connectivity index (χ4v) is 2.29. The second-order valence-electron chi connectivity index (χ2n) is 3.60. The molecule has 0 fully saturated rings. The van der Waals surface area contributed by atoms with Crippen molar-refractivity contribution in [2.75, 3.05) is 11.9 Å². The van der Waals surface area contributed by atoms with Crippen molar-refractivity contribution in [1.82, 2.24) is 9.78 Å². The Morgan fingerprint density at radius 1 is 1.53 bits per heavy atom. The number of hydrogen-bond acceptors (Lipinski definition) is 4. The van der Waals surface area contributed by atoms with Gasteiger partial charge in [-0.05, 0) is 23.9 Å². The molecule has 0 aliphatic carbocycles. The van der Waals surface area contributed by atoms with E-state index in [4.69, 9.17) is 5.11 Å². The number of anilines is 1. The topological polar surface area (TPSA) is 50.1 Å². The van der Waals surface area contributed by atoms with Crippen LogP contribution in [-0.4, -0.2) is 21.5 Å². The molecule has 2 N–H and O–H groups in total. The molecule has 0 amide bonds. The van der Waals surface area contributed by atoms with E-state index in [1.54, 1.807) is 22.2 Å². The molecule has 0 saturated carbocycles. The van der Waals surface area contributed by atoms with E-state index in [0.717, 1.165) is 12.2 Å². The summed E-state index contributed by atoms with van der Waals surface area (Å²) in [7, 11) is 0. The van der Waals surface area contributed by atoms with Crippen molar-refractivity contribution in [2.24, 2.45) is 0 Å². The average molecular weight is 274 g/mol. The van der Waals surface area contributed by atoms with Crippen LogP contribution >= 0.6 is 23.7 Å². The first kappa shape index (κ1) is 14.0. The number of nitrogens with one attached hydrogen (secondary N) is 1. The van der Waals surface area contributed by atoms with Crippen LogP contribution in [0, 0.1) is 6.92 Å². The molecule has 2 aromatic rings. The summed E-state index contributed by atoms with van der Waals surface area (Å²) in [6.45, 7) is 3.60. The largest absolute Gasteiger partial charge is 0.394 e. The highest BCUT2D eigenvalue weighted by molar-refractivity contribution is 7.10. The quantitative estimate of drug-likeness (QED) is 0.879. The van der Waals surface area contributed by atoms with Crippen molar-refractivity contribution in [1.29, 1.82) is 0 Å². The van der Waals surface area contributed by atoms with Crippen molar-refractivity contribution in [3.8, 4) is 0 Å². The molecule has 0 aromatic carbocycles. The van der Waals surface area contributed by atoms with Crippen LogP contribution in [0.4, 0.5) is 5.69 Å². The predicted molar refractivity (Wildman–Crippen MR) is 72.9 cm³/mol. The SMILES string of the molecule is Cc1ccsc1CNc1cnn(CCO)c1.Cl. The Hall–Kier alpha value is -1.04. The smallest absolute Gasteiger partial charge is 0.0729 e. The first-order valence-electron chi connectivity index (χ1n) is 5.20. The van der Waals surface area contributed by atoms with Crippen LogP contribution in [0.15, 0.2) is 23.8 Å². The zero-order valence-electron chi connectivity index (χ0n) is 9.59. The highest BCUT2D eigenvalue weighted by Crippen LogP contribution is 2.17. The molecule has 94 valence electrons. The van der Waals surface area contributed by atoms with Gasteiger partial charge in [-0.15, -0.1) is 23.7 Å². The lowest BCUT2D eigenvalue weighted by molar-refractivity contribution is 0.269. The lowest BCUT2D eigenvalue weighted by Gasteiger charge is -2.02. The van der Waals surface area contributed by atoms with Crippen molar-refractivity contribution in [3.63, 3.8) is 0 Å². The van der Waals surface area contributed by atoms with Gasteiger partial charge in [0, 0.05) is 17.6 Å². The predicted octanol–water partition coefficient (Wildman–Crippen LogP) is 2.28. The standard InChI is InChI=1S/C11H15N3OS.ClH/c1-9-2-5-16-11(9)7-12-10-6-13-14(8-10)3-4-15;/h2,5-6,8,12,15H,3-4,7H2,1H3;1H. The van der Waals surface area contributed by atoms with E-state index in [0.29, 0.717) is 6.54 Å². The Labute approximate surface area is 111 Å². The molecule has 0 atom stereocenters. The van der Waals surface area contributed by atoms with Crippen molar-refractivity contribution >= 4 is 29.4 Å². The summed E-state index contributed by atoms with van der Waals surface area (Å²) in [5.74, 6) is 0. The Morgan fingerprint density at radius 3 is 3.00 bits per heavy atom. The van der Waals surface area contributed by atoms with Gasteiger partial charge >= 0.3 is 0 Å². The fourth-order valence-electron chi connectivity index (χ4n) is 1.45. The van der Waals surface area contributed by atoms with Crippen molar-refractivity contribution in [3.05, 3.63) is 34.3 Å². The molecule has 2 aromatic heterocycles. The molecule has 0 unspecified atom stereocenters. The first-order chi connectivity index (χ1) is 7.79. The van der Waals surface area contributed by atoms with Crippen LogP contribution in [0.1, 0.15) is 10.4 Å². The van der Waals surface area contributed by atoms with Gasteiger partial charge in [0.25, 0.3) is 0 Å². The molecule has 0 bridgehead atoms. The summed E-state index contributed by atoms with van der Waals surface area (Å²) in [4.78, 5) is 1.34. The van der Waals surface area contributed by atoms with Gasteiger partial charge in [0.05, 0.1) is 25.0 Å². The minimum absolute atomic E-state index is 0. The van der Waals surface area contributed by atoms with Crippen LogP contribution in [0.3, 0.4) is 0 Å². The van der Waals surface area contributed by atoms with Crippen LogP contribution < -0.4 is 5.32 Å². The van der Waals surface area contributed by atoms with Gasteiger partial charge in [0.1, 0.15) is 0 Å². The summed E-state index contributed by atoms with van der Waals surface area (Å²) < 4.78 is 1.73. The maximum absolute atomic E-state index is 8.77. The molecular formula is C11H16ClN3OS. The molecule has 2 rings (SSSR count).